The number of methoxy groups -OCH3 is 1. The Labute approximate surface area is 144 Å². The van der Waals surface area contributed by atoms with E-state index in [1.807, 2.05) is 62.5 Å². The second-order valence-electron chi connectivity index (χ2n) is 5.96. The molecule has 2 atom stereocenters. The zero-order valence-electron chi connectivity index (χ0n) is 14.7. The van der Waals surface area contributed by atoms with Crippen molar-refractivity contribution in [3.8, 4) is 5.75 Å². The average Bonchev–Trinajstić information content (AvgIpc) is 2.62. The van der Waals surface area contributed by atoms with Crippen molar-refractivity contribution < 1.29 is 14.6 Å². The van der Waals surface area contributed by atoms with E-state index >= 15 is 0 Å². The van der Waals surface area contributed by atoms with Gasteiger partial charge in [-0.2, -0.15) is 0 Å². The number of hydrogen-bond acceptors (Lipinski definition) is 4. The zero-order valence-corrected chi connectivity index (χ0v) is 14.7. The molecular weight excluding hydrogens is 302 g/mol. The highest BCUT2D eigenvalue weighted by Crippen LogP contribution is 2.24. The third kappa shape index (κ3) is 5.06. The van der Waals surface area contributed by atoms with Crippen LogP contribution >= 0.6 is 0 Å². The first kappa shape index (κ1) is 18.5. The van der Waals surface area contributed by atoms with Crippen molar-refractivity contribution in [3.63, 3.8) is 0 Å². The van der Waals surface area contributed by atoms with Crippen LogP contribution in [0, 0.1) is 0 Å². The van der Waals surface area contributed by atoms with Crippen molar-refractivity contribution in [1.82, 2.24) is 4.90 Å². The highest BCUT2D eigenvalue weighted by atomic mass is 16.5. The highest BCUT2D eigenvalue weighted by molar-refractivity contribution is 5.33. The zero-order chi connectivity index (χ0) is 17.4. The van der Waals surface area contributed by atoms with Crippen LogP contribution < -0.4 is 4.74 Å². The fraction of sp³-hybridized carbons (Fsp3) is 0.400. The molecule has 130 valence electrons. The summed E-state index contributed by atoms with van der Waals surface area (Å²) in [6.07, 6.45) is -0.530. The van der Waals surface area contributed by atoms with Gasteiger partial charge >= 0.3 is 0 Å². The van der Waals surface area contributed by atoms with Crippen LogP contribution in [0.5, 0.6) is 5.75 Å². The van der Waals surface area contributed by atoms with Crippen molar-refractivity contribution in [3.05, 3.63) is 65.7 Å². The monoisotopic (exact) mass is 329 g/mol. The van der Waals surface area contributed by atoms with Crippen molar-refractivity contribution in [2.75, 3.05) is 27.4 Å². The van der Waals surface area contributed by atoms with E-state index in [9.17, 15) is 5.11 Å². The van der Waals surface area contributed by atoms with Crippen LogP contribution in [0.25, 0.3) is 0 Å². The van der Waals surface area contributed by atoms with E-state index in [1.165, 1.54) is 0 Å². The predicted octanol–water partition coefficient (Wildman–Crippen LogP) is 3.27. The fourth-order valence-electron chi connectivity index (χ4n) is 2.59. The Morgan fingerprint density at radius 3 is 2.38 bits per heavy atom. The Morgan fingerprint density at radius 2 is 1.67 bits per heavy atom. The van der Waals surface area contributed by atoms with Gasteiger partial charge in [0.2, 0.25) is 0 Å². The molecule has 0 radical (unpaired) electrons. The lowest BCUT2D eigenvalue weighted by Gasteiger charge is -2.29. The lowest BCUT2D eigenvalue weighted by atomic mass is 10.0. The summed E-state index contributed by atoms with van der Waals surface area (Å²) in [7, 11) is 3.68. The van der Waals surface area contributed by atoms with Gasteiger partial charge < -0.3 is 14.6 Å². The second-order valence-corrected chi connectivity index (χ2v) is 5.96. The summed E-state index contributed by atoms with van der Waals surface area (Å²) in [4.78, 5) is 2.14. The molecule has 4 heteroatoms. The van der Waals surface area contributed by atoms with Crippen LogP contribution in [-0.4, -0.2) is 43.4 Å². The van der Waals surface area contributed by atoms with Crippen LogP contribution in [0.15, 0.2) is 54.6 Å². The molecule has 0 amide bonds. The molecule has 0 spiro atoms. The Bertz CT molecular complexity index is 603. The second kappa shape index (κ2) is 9.42. The summed E-state index contributed by atoms with van der Waals surface area (Å²) in [5.41, 5.74) is 2.03. The minimum absolute atomic E-state index is 0.0144. The van der Waals surface area contributed by atoms with Crippen LogP contribution in [0.2, 0.25) is 0 Å². The van der Waals surface area contributed by atoms with Gasteiger partial charge in [0.15, 0.2) is 0 Å². The van der Waals surface area contributed by atoms with Gasteiger partial charge in [0.25, 0.3) is 0 Å². The molecule has 0 aliphatic carbocycles. The third-order valence-corrected chi connectivity index (χ3v) is 4.23. The predicted molar refractivity (Wildman–Crippen MR) is 96.1 cm³/mol. The summed E-state index contributed by atoms with van der Waals surface area (Å²) in [5.74, 6) is 0.864. The topological polar surface area (TPSA) is 41.9 Å². The van der Waals surface area contributed by atoms with Gasteiger partial charge in [-0.25, -0.2) is 0 Å². The number of ether oxygens (including phenoxy) is 2. The minimum Gasteiger partial charge on any atom is -0.491 e. The molecule has 0 bridgehead atoms. The van der Waals surface area contributed by atoms with Crippen LogP contribution in [0.4, 0.5) is 0 Å². The number of rotatable bonds is 9. The molecule has 4 nitrogen and oxygen atoms in total. The first-order valence-corrected chi connectivity index (χ1v) is 8.26. The first-order valence-electron chi connectivity index (χ1n) is 8.26. The van der Waals surface area contributed by atoms with Gasteiger partial charge in [0, 0.05) is 25.3 Å². The number of hydrogen-bond donors (Lipinski definition) is 1. The number of aliphatic hydroxyl groups is 1. The van der Waals surface area contributed by atoms with Gasteiger partial charge in [-0.15, -0.1) is 0 Å². The Morgan fingerprint density at radius 1 is 1.00 bits per heavy atom. The average molecular weight is 329 g/mol. The van der Waals surface area contributed by atoms with Crippen molar-refractivity contribution in [1.29, 1.82) is 0 Å². The van der Waals surface area contributed by atoms with E-state index in [2.05, 4.69) is 11.0 Å². The minimum atomic E-state index is -0.530. The van der Waals surface area contributed by atoms with Gasteiger partial charge in [0.05, 0.1) is 12.7 Å². The Hall–Kier alpha value is -1.88. The molecule has 0 aliphatic heterocycles. The maximum atomic E-state index is 10.6. The van der Waals surface area contributed by atoms with E-state index in [0.29, 0.717) is 19.8 Å². The summed E-state index contributed by atoms with van der Waals surface area (Å²) < 4.78 is 10.8. The van der Waals surface area contributed by atoms with Gasteiger partial charge in [-0.1, -0.05) is 48.5 Å². The molecule has 2 aromatic rings. The quantitative estimate of drug-likeness (QED) is 0.717. The van der Waals surface area contributed by atoms with Crippen LogP contribution in [0.1, 0.15) is 24.2 Å². The van der Waals surface area contributed by atoms with Gasteiger partial charge in [-0.3, -0.25) is 4.90 Å². The van der Waals surface area contributed by atoms with Crippen molar-refractivity contribution in [2.45, 2.75) is 25.6 Å². The smallest absolute Gasteiger partial charge is 0.123 e. The molecule has 0 fully saturated rings. The fourth-order valence-corrected chi connectivity index (χ4v) is 2.59. The van der Waals surface area contributed by atoms with Crippen molar-refractivity contribution in [2.24, 2.45) is 0 Å². The molecule has 0 heterocycles. The van der Waals surface area contributed by atoms with E-state index in [1.54, 1.807) is 7.11 Å². The molecule has 0 saturated carbocycles. The molecule has 2 aromatic carbocycles. The van der Waals surface area contributed by atoms with E-state index in [4.69, 9.17) is 9.47 Å². The van der Waals surface area contributed by atoms with Crippen LogP contribution in [0.3, 0.4) is 0 Å². The Balaban J connectivity index is 2.02. The SMILES string of the molecule is COCCOc1ccccc1CN(C)C(C)C(O)c1ccccc1. The highest BCUT2D eigenvalue weighted by Gasteiger charge is 2.21. The number of likely N-dealkylation sites (N-methyl/N-ethyl adjacent to an activating group) is 1. The van der Waals surface area contributed by atoms with E-state index < -0.39 is 6.10 Å². The molecular formula is C20H27NO3. The summed E-state index contributed by atoms with van der Waals surface area (Å²) in [6.45, 7) is 3.83. The van der Waals surface area contributed by atoms with Crippen LogP contribution in [-0.2, 0) is 11.3 Å². The summed E-state index contributed by atoms with van der Waals surface area (Å²) in [6, 6.07) is 17.7. The summed E-state index contributed by atoms with van der Waals surface area (Å²) in [5, 5.41) is 10.6. The van der Waals surface area contributed by atoms with Crippen molar-refractivity contribution >= 4 is 0 Å². The molecule has 2 rings (SSSR count). The van der Waals surface area contributed by atoms with Gasteiger partial charge in [-0.05, 0) is 25.6 Å². The van der Waals surface area contributed by atoms with E-state index in [0.717, 1.165) is 16.9 Å². The largest absolute Gasteiger partial charge is 0.491 e. The maximum absolute atomic E-state index is 10.6. The molecule has 0 saturated heterocycles. The molecule has 24 heavy (non-hydrogen) atoms. The lowest BCUT2D eigenvalue weighted by Crippen LogP contribution is -2.34. The molecule has 1 N–H and O–H groups in total. The van der Waals surface area contributed by atoms with E-state index in [-0.39, 0.29) is 6.04 Å². The normalized spacial score (nSPS) is 13.7. The number of benzene rings is 2. The standard InChI is InChI=1S/C20H27NO3/c1-16(20(22)17-9-5-4-6-10-17)21(2)15-18-11-7-8-12-19(18)24-14-13-23-3/h4-12,16,20,22H,13-15H2,1-3H3. The molecule has 0 aromatic heterocycles. The number of nitrogens with zero attached hydrogens (tertiary/aromatic N) is 1. The first-order chi connectivity index (χ1) is 11.6. The molecule has 2 unspecified atom stereocenters. The number of para-hydroxylation sites is 1. The lowest BCUT2D eigenvalue weighted by molar-refractivity contribution is 0.0681. The Kier molecular flexibility index (Phi) is 7.25. The van der Waals surface area contributed by atoms with Gasteiger partial charge in [0.1, 0.15) is 12.4 Å². The third-order valence-electron chi connectivity index (χ3n) is 4.23. The molecule has 0 aliphatic rings. The maximum Gasteiger partial charge on any atom is 0.123 e. The summed E-state index contributed by atoms with van der Waals surface area (Å²) >= 11 is 0. The number of aliphatic hydroxyl groups excluding tert-OH is 1.